The molecule has 0 saturated carbocycles. The molecule has 3 heteroatoms. The molecule has 0 unspecified atom stereocenters. The lowest BCUT2D eigenvalue weighted by molar-refractivity contribution is 0.0696. The molecule has 0 amide bonds. The largest absolute Gasteiger partial charge is 0.508 e. The maximum Gasteiger partial charge on any atom is 0.335 e. The Morgan fingerprint density at radius 1 is 1.27 bits per heavy atom. The van der Waals surface area contributed by atoms with Gasteiger partial charge in [0.2, 0.25) is 0 Å². The quantitative estimate of drug-likeness (QED) is 0.746. The van der Waals surface area contributed by atoms with E-state index in [0.29, 0.717) is 11.1 Å². The summed E-state index contributed by atoms with van der Waals surface area (Å²) >= 11 is 0. The summed E-state index contributed by atoms with van der Waals surface area (Å²) in [7, 11) is 0. The normalized spacial score (nSPS) is 11.5. The number of carbonyl (C=O) groups is 1. The van der Waals surface area contributed by atoms with Crippen LogP contribution in [-0.4, -0.2) is 16.2 Å². The number of hydrogen-bond acceptors (Lipinski definition) is 2. The van der Waals surface area contributed by atoms with Crippen LogP contribution >= 0.6 is 0 Å². The van der Waals surface area contributed by atoms with Gasteiger partial charge in [0.25, 0.3) is 0 Å². The van der Waals surface area contributed by atoms with Crippen molar-refractivity contribution in [2.75, 3.05) is 0 Å². The Balaban J connectivity index is 3.43. The Hall–Kier alpha value is -1.51. The van der Waals surface area contributed by atoms with Gasteiger partial charge < -0.3 is 10.2 Å². The number of rotatable bonds is 1. The molecule has 0 fully saturated rings. The smallest absolute Gasteiger partial charge is 0.335 e. The van der Waals surface area contributed by atoms with Gasteiger partial charge in [-0.15, -0.1) is 0 Å². The molecule has 0 aromatic heterocycles. The summed E-state index contributed by atoms with van der Waals surface area (Å²) in [6.45, 7) is 7.48. The van der Waals surface area contributed by atoms with Crippen molar-refractivity contribution < 1.29 is 15.0 Å². The number of aromatic hydroxyl groups is 1. The van der Waals surface area contributed by atoms with Gasteiger partial charge in [0, 0.05) is 5.56 Å². The number of carboxylic acids is 1. The average molecular weight is 208 g/mol. The predicted octanol–water partition coefficient (Wildman–Crippen LogP) is 2.70. The first-order valence-electron chi connectivity index (χ1n) is 4.81. The van der Waals surface area contributed by atoms with E-state index in [1.807, 2.05) is 20.8 Å². The van der Waals surface area contributed by atoms with Gasteiger partial charge in [0.15, 0.2) is 0 Å². The molecule has 82 valence electrons. The zero-order valence-corrected chi connectivity index (χ0v) is 9.46. The summed E-state index contributed by atoms with van der Waals surface area (Å²) in [5, 5.41) is 18.7. The Morgan fingerprint density at radius 2 is 1.80 bits per heavy atom. The highest BCUT2D eigenvalue weighted by atomic mass is 16.4. The van der Waals surface area contributed by atoms with Crippen LogP contribution in [0.15, 0.2) is 12.1 Å². The molecule has 3 nitrogen and oxygen atoms in total. The van der Waals surface area contributed by atoms with Gasteiger partial charge >= 0.3 is 5.97 Å². The minimum Gasteiger partial charge on any atom is -0.508 e. The summed E-state index contributed by atoms with van der Waals surface area (Å²) in [6.07, 6.45) is 0. The van der Waals surface area contributed by atoms with E-state index in [1.54, 1.807) is 13.0 Å². The molecule has 0 spiro atoms. The van der Waals surface area contributed by atoms with Gasteiger partial charge in [0.1, 0.15) is 5.75 Å². The van der Waals surface area contributed by atoms with Crippen molar-refractivity contribution in [3.63, 3.8) is 0 Å². The second-order valence-electron chi connectivity index (χ2n) is 4.74. The molecule has 0 saturated heterocycles. The van der Waals surface area contributed by atoms with Gasteiger partial charge in [-0.25, -0.2) is 4.79 Å². The van der Waals surface area contributed by atoms with Crippen molar-refractivity contribution >= 4 is 5.97 Å². The molecule has 0 aliphatic heterocycles. The molecular formula is C12H16O3. The summed E-state index contributed by atoms with van der Waals surface area (Å²) in [4.78, 5) is 10.9. The van der Waals surface area contributed by atoms with Crippen molar-refractivity contribution in [3.8, 4) is 5.75 Å². The van der Waals surface area contributed by atoms with Crippen molar-refractivity contribution in [1.82, 2.24) is 0 Å². The highest BCUT2D eigenvalue weighted by Gasteiger charge is 2.21. The lowest BCUT2D eigenvalue weighted by atomic mass is 9.84. The second-order valence-corrected chi connectivity index (χ2v) is 4.74. The SMILES string of the molecule is Cc1cc(O)c(C(C)(C)C)cc1C(=O)O. The first-order valence-corrected chi connectivity index (χ1v) is 4.81. The molecule has 1 aromatic rings. The third kappa shape index (κ3) is 2.29. The number of hydrogen-bond donors (Lipinski definition) is 2. The highest BCUT2D eigenvalue weighted by molar-refractivity contribution is 5.90. The zero-order chi connectivity index (χ0) is 11.8. The summed E-state index contributed by atoms with van der Waals surface area (Å²) in [5.74, 6) is -0.803. The number of phenols is 1. The minimum atomic E-state index is -0.960. The Morgan fingerprint density at radius 3 is 2.20 bits per heavy atom. The zero-order valence-electron chi connectivity index (χ0n) is 9.46. The Bertz CT molecular complexity index is 400. The first-order chi connectivity index (χ1) is 6.73. The number of aryl methyl sites for hydroxylation is 1. The molecule has 0 atom stereocenters. The van der Waals surface area contributed by atoms with Crippen molar-refractivity contribution in [2.24, 2.45) is 0 Å². The van der Waals surface area contributed by atoms with Crippen LogP contribution < -0.4 is 0 Å². The van der Waals surface area contributed by atoms with Crippen LogP contribution in [0.3, 0.4) is 0 Å². The van der Waals surface area contributed by atoms with Crippen LogP contribution in [0.5, 0.6) is 5.75 Å². The first kappa shape index (κ1) is 11.6. The highest BCUT2D eigenvalue weighted by Crippen LogP contribution is 2.32. The van der Waals surface area contributed by atoms with Gasteiger partial charge in [-0.2, -0.15) is 0 Å². The topological polar surface area (TPSA) is 57.5 Å². The standard InChI is InChI=1S/C12H16O3/c1-7-5-10(13)9(12(2,3)4)6-8(7)11(14)15/h5-6,13H,1-4H3,(H,14,15). The van der Waals surface area contributed by atoms with Gasteiger partial charge in [-0.05, 0) is 30.0 Å². The van der Waals surface area contributed by atoms with E-state index >= 15 is 0 Å². The Labute approximate surface area is 89.4 Å². The summed E-state index contributed by atoms with van der Waals surface area (Å²) in [5.41, 5.74) is 1.22. The van der Waals surface area contributed by atoms with Crippen molar-refractivity contribution in [1.29, 1.82) is 0 Å². The summed E-state index contributed by atoms with van der Waals surface area (Å²) in [6, 6.07) is 3.05. The van der Waals surface area contributed by atoms with E-state index in [1.165, 1.54) is 6.07 Å². The van der Waals surface area contributed by atoms with Gasteiger partial charge in [-0.1, -0.05) is 20.8 Å². The number of benzene rings is 1. The maximum atomic E-state index is 10.9. The number of phenolic OH excluding ortho intramolecular Hbond substituents is 1. The van der Waals surface area contributed by atoms with Crippen molar-refractivity contribution in [2.45, 2.75) is 33.1 Å². The fourth-order valence-electron chi connectivity index (χ4n) is 1.52. The molecular weight excluding hydrogens is 192 g/mol. The second kappa shape index (κ2) is 3.57. The fourth-order valence-corrected chi connectivity index (χ4v) is 1.52. The Kier molecular flexibility index (Phi) is 2.75. The van der Waals surface area contributed by atoms with E-state index in [0.717, 1.165) is 0 Å². The number of carboxylic acid groups (broad SMARTS) is 1. The molecule has 0 radical (unpaired) electrons. The molecule has 0 bridgehead atoms. The van der Waals surface area contributed by atoms with Gasteiger partial charge in [-0.3, -0.25) is 0 Å². The molecule has 15 heavy (non-hydrogen) atoms. The maximum absolute atomic E-state index is 10.9. The van der Waals surface area contributed by atoms with Crippen LogP contribution in [0.4, 0.5) is 0 Å². The van der Waals surface area contributed by atoms with Crippen LogP contribution in [0.2, 0.25) is 0 Å². The van der Waals surface area contributed by atoms with E-state index < -0.39 is 5.97 Å². The van der Waals surface area contributed by atoms with E-state index in [9.17, 15) is 9.90 Å². The molecule has 0 heterocycles. The molecule has 0 aliphatic rings. The third-order valence-corrected chi connectivity index (χ3v) is 2.38. The van der Waals surface area contributed by atoms with E-state index in [2.05, 4.69) is 0 Å². The number of aromatic carboxylic acids is 1. The van der Waals surface area contributed by atoms with Crippen LogP contribution in [0.25, 0.3) is 0 Å². The fraction of sp³-hybridized carbons (Fsp3) is 0.417. The minimum absolute atomic E-state index is 0.157. The molecule has 0 aliphatic carbocycles. The summed E-state index contributed by atoms with van der Waals surface area (Å²) < 4.78 is 0. The monoisotopic (exact) mass is 208 g/mol. The van der Waals surface area contributed by atoms with E-state index in [4.69, 9.17) is 5.11 Å². The van der Waals surface area contributed by atoms with Crippen molar-refractivity contribution in [3.05, 3.63) is 28.8 Å². The predicted molar refractivity (Wildman–Crippen MR) is 58.5 cm³/mol. The molecule has 1 aromatic carbocycles. The molecule has 2 N–H and O–H groups in total. The van der Waals surface area contributed by atoms with Crippen LogP contribution in [-0.2, 0) is 5.41 Å². The van der Waals surface area contributed by atoms with Crippen LogP contribution in [0.1, 0.15) is 42.3 Å². The lowest BCUT2D eigenvalue weighted by Crippen LogP contribution is -2.13. The van der Waals surface area contributed by atoms with Crippen LogP contribution in [0, 0.1) is 6.92 Å². The van der Waals surface area contributed by atoms with Gasteiger partial charge in [0.05, 0.1) is 5.56 Å². The molecule has 1 rings (SSSR count). The lowest BCUT2D eigenvalue weighted by Gasteiger charge is -2.21. The third-order valence-electron chi connectivity index (χ3n) is 2.38. The van der Waals surface area contributed by atoms with E-state index in [-0.39, 0.29) is 16.7 Å². The average Bonchev–Trinajstić information content (AvgIpc) is 2.00.